The van der Waals surface area contributed by atoms with E-state index < -0.39 is 0 Å². The van der Waals surface area contributed by atoms with Crippen LogP contribution >= 0.6 is 0 Å². The van der Waals surface area contributed by atoms with Crippen LogP contribution in [0.5, 0.6) is 0 Å². The van der Waals surface area contributed by atoms with E-state index in [1.807, 2.05) is 0 Å². The van der Waals surface area contributed by atoms with Crippen LogP contribution in [0.1, 0.15) is 112 Å². The molecule has 3 rings (SSSR count). The van der Waals surface area contributed by atoms with Crippen molar-refractivity contribution >= 4 is 0 Å². The Morgan fingerprint density at radius 1 is 0.840 bits per heavy atom. The van der Waals surface area contributed by atoms with Gasteiger partial charge in [0.25, 0.3) is 0 Å². The molecule has 3 saturated carbocycles. The molecule has 0 aromatic rings. The number of unbranched alkanes of at least 4 members (excludes halogenated alkanes) is 5. The van der Waals surface area contributed by atoms with E-state index in [-0.39, 0.29) is 6.10 Å². The molecule has 3 aliphatic carbocycles. The van der Waals surface area contributed by atoms with Gasteiger partial charge in [0.2, 0.25) is 0 Å². The van der Waals surface area contributed by atoms with Gasteiger partial charge in [-0.1, -0.05) is 79.6 Å². The van der Waals surface area contributed by atoms with Gasteiger partial charge in [0.15, 0.2) is 0 Å². The van der Waals surface area contributed by atoms with Crippen LogP contribution in [0.2, 0.25) is 0 Å². The Balaban J connectivity index is 0.000000242. The minimum absolute atomic E-state index is 0.0104. The van der Waals surface area contributed by atoms with Crippen molar-refractivity contribution in [3.05, 3.63) is 0 Å². The fourth-order valence-corrected chi connectivity index (χ4v) is 6.19. The molecule has 6 unspecified atom stereocenters. The summed E-state index contributed by atoms with van der Waals surface area (Å²) in [6.45, 7) is 12.0. The van der Waals surface area contributed by atoms with E-state index in [1.165, 1.54) is 64.2 Å². The number of rotatable bonds is 6. The first kappa shape index (κ1) is 21.3. The summed E-state index contributed by atoms with van der Waals surface area (Å²) in [6, 6.07) is 0. The topological polar surface area (TPSA) is 20.2 Å². The Kier molecular flexibility index (Phi) is 8.31. The maximum atomic E-state index is 9.88. The first-order valence-corrected chi connectivity index (χ1v) is 11.6. The molecule has 2 bridgehead atoms. The molecule has 0 amide bonds. The number of hydrogen-bond donors (Lipinski definition) is 1. The molecule has 1 heteroatoms. The van der Waals surface area contributed by atoms with Crippen LogP contribution in [0.25, 0.3) is 0 Å². The normalized spacial score (nSPS) is 39.1. The van der Waals surface area contributed by atoms with Crippen molar-refractivity contribution in [2.45, 2.75) is 118 Å². The second-order valence-electron chi connectivity index (χ2n) is 10.1. The summed E-state index contributed by atoms with van der Waals surface area (Å²) in [5, 5.41) is 9.88. The Labute approximate surface area is 158 Å². The van der Waals surface area contributed by atoms with Crippen LogP contribution in [-0.2, 0) is 0 Å². The molecule has 3 aliphatic rings. The molecule has 0 radical (unpaired) electrons. The minimum atomic E-state index is 0.0104. The second-order valence-corrected chi connectivity index (χ2v) is 10.1. The largest absolute Gasteiger partial charge is 0.393 e. The zero-order valence-electron chi connectivity index (χ0n) is 17.9. The van der Waals surface area contributed by atoms with E-state index in [1.54, 1.807) is 0 Å². The van der Waals surface area contributed by atoms with Crippen LogP contribution in [0.4, 0.5) is 0 Å². The van der Waals surface area contributed by atoms with Crippen molar-refractivity contribution in [2.24, 2.45) is 35.0 Å². The second kappa shape index (κ2) is 9.77. The van der Waals surface area contributed by atoms with Crippen LogP contribution < -0.4 is 0 Å². The van der Waals surface area contributed by atoms with Crippen molar-refractivity contribution in [3.8, 4) is 0 Å². The number of aliphatic hydroxyl groups excluding tert-OH is 1. The number of fused-ring (bicyclic) bond motifs is 2. The summed E-state index contributed by atoms with van der Waals surface area (Å²) in [5.74, 6) is 4.60. The third-order valence-corrected chi connectivity index (χ3v) is 8.28. The summed E-state index contributed by atoms with van der Waals surface area (Å²) in [4.78, 5) is 0. The standard InChI is InChI=1S/C16H28O.C8H18/c1-10-14-8-12(16(10,2)3)9-15(14)11-5-4-6-13(17)7-11;1-3-5-7-8-6-4-2/h10-15,17H,4-9H2,1-3H3;3-8H2,1-2H3. The highest BCUT2D eigenvalue weighted by atomic mass is 16.3. The summed E-state index contributed by atoms with van der Waals surface area (Å²) in [5.41, 5.74) is 0.578. The third-order valence-electron chi connectivity index (χ3n) is 8.28. The van der Waals surface area contributed by atoms with E-state index >= 15 is 0 Å². The Morgan fingerprint density at radius 2 is 1.44 bits per heavy atom. The van der Waals surface area contributed by atoms with Gasteiger partial charge in [-0.15, -0.1) is 0 Å². The molecule has 0 heterocycles. The molecule has 0 saturated heterocycles. The zero-order chi connectivity index (χ0) is 18.4. The van der Waals surface area contributed by atoms with Gasteiger partial charge in [-0.05, 0) is 67.1 Å². The zero-order valence-corrected chi connectivity index (χ0v) is 17.9. The van der Waals surface area contributed by atoms with E-state index in [0.29, 0.717) is 5.41 Å². The lowest BCUT2D eigenvalue weighted by molar-refractivity contribution is 0.0247. The first-order chi connectivity index (χ1) is 11.9. The highest BCUT2D eigenvalue weighted by molar-refractivity contribution is 5.05. The van der Waals surface area contributed by atoms with Gasteiger partial charge in [-0.3, -0.25) is 0 Å². The predicted octanol–water partition coefficient (Wildman–Crippen LogP) is 7.22. The number of aliphatic hydroxyl groups is 1. The lowest BCUT2D eigenvalue weighted by Gasteiger charge is -2.44. The lowest BCUT2D eigenvalue weighted by atomic mass is 9.62. The van der Waals surface area contributed by atoms with E-state index in [4.69, 9.17) is 0 Å². The van der Waals surface area contributed by atoms with Gasteiger partial charge < -0.3 is 5.11 Å². The van der Waals surface area contributed by atoms with Crippen LogP contribution in [-0.4, -0.2) is 11.2 Å². The highest BCUT2D eigenvalue weighted by Gasteiger charge is 2.56. The van der Waals surface area contributed by atoms with Crippen molar-refractivity contribution in [2.75, 3.05) is 0 Å². The average Bonchev–Trinajstić information content (AvgIpc) is 3.12. The van der Waals surface area contributed by atoms with Gasteiger partial charge in [-0.25, -0.2) is 0 Å². The number of hydrogen-bond acceptors (Lipinski definition) is 1. The van der Waals surface area contributed by atoms with Crippen LogP contribution in [0, 0.1) is 35.0 Å². The van der Waals surface area contributed by atoms with E-state index in [9.17, 15) is 5.11 Å². The molecule has 0 spiro atoms. The molecule has 0 aromatic carbocycles. The van der Waals surface area contributed by atoms with Gasteiger partial charge in [-0.2, -0.15) is 0 Å². The van der Waals surface area contributed by atoms with Crippen molar-refractivity contribution in [1.29, 1.82) is 0 Å². The first-order valence-electron chi connectivity index (χ1n) is 11.6. The monoisotopic (exact) mass is 350 g/mol. The molecule has 25 heavy (non-hydrogen) atoms. The quantitative estimate of drug-likeness (QED) is 0.501. The van der Waals surface area contributed by atoms with Crippen molar-refractivity contribution < 1.29 is 5.11 Å². The maximum absolute atomic E-state index is 9.88. The van der Waals surface area contributed by atoms with E-state index in [2.05, 4.69) is 34.6 Å². The molecule has 148 valence electrons. The van der Waals surface area contributed by atoms with E-state index in [0.717, 1.165) is 42.4 Å². The summed E-state index contributed by atoms with van der Waals surface area (Å²) in [7, 11) is 0. The Bertz CT molecular complexity index is 364. The van der Waals surface area contributed by atoms with Crippen molar-refractivity contribution in [1.82, 2.24) is 0 Å². The summed E-state index contributed by atoms with van der Waals surface area (Å²) >= 11 is 0. The Hall–Kier alpha value is -0.0400. The Morgan fingerprint density at radius 3 is 1.92 bits per heavy atom. The molecule has 3 fully saturated rings. The molecular formula is C24H46O. The fraction of sp³-hybridized carbons (Fsp3) is 1.00. The average molecular weight is 351 g/mol. The summed E-state index contributed by atoms with van der Waals surface area (Å²) < 4.78 is 0. The molecular weight excluding hydrogens is 304 g/mol. The minimum Gasteiger partial charge on any atom is -0.393 e. The van der Waals surface area contributed by atoms with Gasteiger partial charge in [0.05, 0.1) is 6.10 Å². The molecule has 0 aromatic heterocycles. The van der Waals surface area contributed by atoms with Crippen LogP contribution in [0.3, 0.4) is 0 Å². The van der Waals surface area contributed by atoms with Crippen LogP contribution in [0.15, 0.2) is 0 Å². The third kappa shape index (κ3) is 5.24. The lowest BCUT2D eigenvalue weighted by Crippen LogP contribution is -2.37. The molecule has 1 nitrogen and oxygen atoms in total. The molecule has 1 N–H and O–H groups in total. The highest BCUT2D eigenvalue weighted by Crippen LogP contribution is 2.63. The summed E-state index contributed by atoms with van der Waals surface area (Å²) in [6.07, 6.45) is 16.2. The smallest absolute Gasteiger partial charge is 0.0543 e. The molecule has 6 atom stereocenters. The van der Waals surface area contributed by atoms with Gasteiger partial charge >= 0.3 is 0 Å². The van der Waals surface area contributed by atoms with Gasteiger partial charge in [0, 0.05) is 0 Å². The molecule has 0 aliphatic heterocycles. The van der Waals surface area contributed by atoms with Gasteiger partial charge in [0.1, 0.15) is 0 Å². The predicted molar refractivity (Wildman–Crippen MR) is 110 cm³/mol. The fourth-order valence-electron chi connectivity index (χ4n) is 6.19. The van der Waals surface area contributed by atoms with Crippen molar-refractivity contribution in [3.63, 3.8) is 0 Å². The SMILES string of the molecule is CC1C2CC(CC2C2CCCC(O)C2)C1(C)C.CCCCCCCC. The maximum Gasteiger partial charge on any atom is 0.0543 e.